The highest BCUT2D eigenvalue weighted by Gasteiger charge is 2.42. The number of fused-ring (bicyclic) bond motifs is 1. The van der Waals surface area contributed by atoms with Crippen molar-refractivity contribution in [2.75, 3.05) is 33.2 Å². The fourth-order valence-electron chi connectivity index (χ4n) is 7.05. The van der Waals surface area contributed by atoms with E-state index in [9.17, 15) is 14.4 Å². The molecule has 4 aliphatic heterocycles. The maximum absolute atomic E-state index is 13.0. The van der Waals surface area contributed by atoms with Crippen molar-refractivity contribution in [2.45, 2.75) is 76.1 Å². The number of rotatable bonds is 5. The van der Waals surface area contributed by atoms with Gasteiger partial charge in [0.05, 0.1) is 0 Å². The van der Waals surface area contributed by atoms with E-state index in [1.165, 1.54) is 58.3 Å². The molecule has 1 aromatic carbocycles. The highest BCUT2D eigenvalue weighted by atomic mass is 16.5. The van der Waals surface area contributed by atoms with Crippen molar-refractivity contribution in [3.05, 3.63) is 29.3 Å². The molecule has 1 aliphatic carbocycles. The van der Waals surface area contributed by atoms with Gasteiger partial charge in [-0.15, -0.1) is 0 Å². The molecule has 1 unspecified atom stereocenters. The van der Waals surface area contributed by atoms with Gasteiger partial charge in [-0.2, -0.15) is 0 Å². The molecule has 1 N–H and O–H groups in total. The highest BCUT2D eigenvalue weighted by Crippen LogP contribution is 2.37. The average molecular weight is 495 g/mol. The largest absolute Gasteiger partial charge is 0.489 e. The molecule has 5 aliphatic rings. The lowest BCUT2D eigenvalue weighted by Crippen LogP contribution is -2.60. The Morgan fingerprint density at radius 1 is 0.944 bits per heavy atom. The smallest absolute Gasteiger partial charge is 0.255 e. The Balaban J connectivity index is 1.09. The SMILES string of the molecule is CN1CCC(C2CN([C@@H]3CCCC[C@@H]3Oc3ccc4c(c3)CN(C3CCC(=O)NC3=O)C4=O)C2)CC1. The number of nitrogens with one attached hydrogen (secondary N) is 1. The van der Waals surface area contributed by atoms with E-state index in [1.807, 2.05) is 18.2 Å². The number of piperidine rings is 2. The topological polar surface area (TPSA) is 82.2 Å². The van der Waals surface area contributed by atoms with Crippen LogP contribution in [-0.2, 0) is 16.1 Å². The summed E-state index contributed by atoms with van der Waals surface area (Å²) in [6, 6.07) is 5.63. The van der Waals surface area contributed by atoms with Crippen LogP contribution in [0, 0.1) is 11.8 Å². The number of imide groups is 1. The fourth-order valence-corrected chi connectivity index (χ4v) is 7.05. The van der Waals surface area contributed by atoms with Crippen LogP contribution < -0.4 is 10.1 Å². The summed E-state index contributed by atoms with van der Waals surface area (Å²) < 4.78 is 6.59. The van der Waals surface area contributed by atoms with Gasteiger partial charge >= 0.3 is 0 Å². The molecule has 8 nitrogen and oxygen atoms in total. The van der Waals surface area contributed by atoms with Gasteiger partial charge in [0, 0.05) is 37.7 Å². The molecule has 4 heterocycles. The van der Waals surface area contributed by atoms with Crippen molar-refractivity contribution in [1.82, 2.24) is 20.0 Å². The summed E-state index contributed by atoms with van der Waals surface area (Å²) in [4.78, 5) is 43.6. The predicted octanol–water partition coefficient (Wildman–Crippen LogP) is 2.41. The van der Waals surface area contributed by atoms with Crippen molar-refractivity contribution in [3.63, 3.8) is 0 Å². The fraction of sp³-hybridized carbons (Fsp3) is 0.679. The van der Waals surface area contributed by atoms with Crippen LogP contribution in [0.2, 0.25) is 0 Å². The molecule has 0 spiro atoms. The Labute approximate surface area is 213 Å². The summed E-state index contributed by atoms with van der Waals surface area (Å²) in [7, 11) is 2.23. The van der Waals surface area contributed by atoms with Crippen molar-refractivity contribution in [1.29, 1.82) is 0 Å². The van der Waals surface area contributed by atoms with Crippen LogP contribution >= 0.6 is 0 Å². The number of nitrogens with zero attached hydrogens (tertiary/aromatic N) is 3. The molecule has 4 fully saturated rings. The van der Waals surface area contributed by atoms with Crippen molar-refractivity contribution in [2.24, 2.45) is 11.8 Å². The normalized spacial score (nSPS) is 30.8. The zero-order chi connectivity index (χ0) is 24.8. The van der Waals surface area contributed by atoms with E-state index < -0.39 is 6.04 Å². The summed E-state index contributed by atoms with van der Waals surface area (Å²) >= 11 is 0. The zero-order valence-corrected chi connectivity index (χ0v) is 21.3. The van der Waals surface area contributed by atoms with Gasteiger partial charge in [0.15, 0.2) is 0 Å². The predicted molar refractivity (Wildman–Crippen MR) is 134 cm³/mol. The first-order valence-corrected chi connectivity index (χ1v) is 13.8. The first kappa shape index (κ1) is 23.9. The quantitative estimate of drug-likeness (QED) is 0.633. The Morgan fingerprint density at radius 3 is 2.50 bits per heavy atom. The lowest BCUT2D eigenvalue weighted by atomic mass is 9.77. The van der Waals surface area contributed by atoms with Gasteiger partial charge in [-0.1, -0.05) is 6.42 Å². The molecule has 3 atom stereocenters. The summed E-state index contributed by atoms with van der Waals surface area (Å²) in [5.41, 5.74) is 1.54. The second-order valence-electron chi connectivity index (χ2n) is 11.6. The lowest BCUT2D eigenvalue weighted by molar-refractivity contribution is -0.136. The van der Waals surface area contributed by atoms with Crippen molar-refractivity contribution in [3.8, 4) is 5.75 Å². The minimum atomic E-state index is -0.585. The zero-order valence-electron chi connectivity index (χ0n) is 21.3. The monoisotopic (exact) mass is 494 g/mol. The van der Waals surface area contributed by atoms with E-state index in [0.29, 0.717) is 24.6 Å². The van der Waals surface area contributed by atoms with Crippen LogP contribution in [-0.4, -0.2) is 83.8 Å². The molecular formula is C28H38N4O4. The van der Waals surface area contributed by atoms with Gasteiger partial charge in [-0.3, -0.25) is 24.6 Å². The average Bonchev–Trinajstić information content (AvgIpc) is 3.16. The number of carbonyl (C=O) groups excluding carboxylic acids is 3. The van der Waals surface area contributed by atoms with Gasteiger partial charge in [-0.05, 0) is 94.3 Å². The van der Waals surface area contributed by atoms with Gasteiger partial charge in [0.1, 0.15) is 17.9 Å². The lowest BCUT2D eigenvalue weighted by Gasteiger charge is -2.51. The van der Waals surface area contributed by atoms with Gasteiger partial charge in [0.25, 0.3) is 5.91 Å². The summed E-state index contributed by atoms with van der Waals surface area (Å²) in [6.45, 7) is 5.27. The summed E-state index contributed by atoms with van der Waals surface area (Å²) in [5, 5.41) is 2.37. The first-order valence-electron chi connectivity index (χ1n) is 13.8. The molecule has 0 bridgehead atoms. The van der Waals surface area contributed by atoms with E-state index in [1.54, 1.807) is 4.90 Å². The molecule has 8 heteroatoms. The van der Waals surface area contributed by atoms with E-state index in [2.05, 4.69) is 22.2 Å². The summed E-state index contributed by atoms with van der Waals surface area (Å²) in [6.07, 6.45) is 8.22. The van der Waals surface area contributed by atoms with E-state index >= 15 is 0 Å². The number of hydrogen-bond acceptors (Lipinski definition) is 6. The van der Waals surface area contributed by atoms with Gasteiger partial charge < -0.3 is 14.5 Å². The molecular weight excluding hydrogens is 456 g/mol. The molecule has 6 rings (SSSR count). The molecule has 0 radical (unpaired) electrons. The summed E-state index contributed by atoms with van der Waals surface area (Å²) in [5.74, 6) is 1.76. The molecule has 1 saturated carbocycles. The third kappa shape index (κ3) is 4.54. The molecule has 0 aromatic heterocycles. The number of likely N-dealkylation sites (tertiary alicyclic amines) is 2. The van der Waals surface area contributed by atoms with Crippen LogP contribution in [0.1, 0.15) is 67.3 Å². The molecule has 1 aromatic rings. The Bertz CT molecular complexity index is 1030. The van der Waals surface area contributed by atoms with Crippen LogP contribution in [0.25, 0.3) is 0 Å². The number of ether oxygens (including phenoxy) is 1. The molecule has 3 saturated heterocycles. The maximum Gasteiger partial charge on any atom is 0.255 e. The van der Waals surface area contributed by atoms with E-state index in [-0.39, 0.29) is 30.2 Å². The first-order chi connectivity index (χ1) is 17.5. The maximum atomic E-state index is 13.0. The molecule has 3 amide bonds. The van der Waals surface area contributed by atoms with Crippen LogP contribution in [0.3, 0.4) is 0 Å². The standard InChI is InChI=1S/C28H38N4O4/c1-30-12-10-18(11-13-30)20-15-31(16-20)23-4-2-3-5-25(23)36-21-6-7-22-19(14-21)17-32(28(22)35)24-8-9-26(33)29-27(24)34/h6-7,14,18,20,23-25H,2-5,8-13,15-17H2,1H3,(H,29,33,34)/t23-,24?,25+/m1/s1. The van der Waals surface area contributed by atoms with Crippen LogP contribution in [0.15, 0.2) is 18.2 Å². The Morgan fingerprint density at radius 2 is 1.72 bits per heavy atom. The Hall–Kier alpha value is -2.45. The number of benzene rings is 1. The number of carbonyl (C=O) groups is 3. The second-order valence-corrected chi connectivity index (χ2v) is 11.6. The van der Waals surface area contributed by atoms with Crippen LogP contribution in [0.5, 0.6) is 5.75 Å². The number of hydrogen-bond donors (Lipinski definition) is 1. The van der Waals surface area contributed by atoms with Gasteiger partial charge in [0.2, 0.25) is 11.8 Å². The van der Waals surface area contributed by atoms with Gasteiger partial charge in [-0.25, -0.2) is 0 Å². The van der Waals surface area contributed by atoms with E-state index in [0.717, 1.165) is 29.6 Å². The third-order valence-electron chi connectivity index (χ3n) is 9.29. The minimum absolute atomic E-state index is 0.137. The highest BCUT2D eigenvalue weighted by molar-refractivity contribution is 6.05. The van der Waals surface area contributed by atoms with Crippen molar-refractivity contribution < 1.29 is 19.1 Å². The Kier molecular flexibility index (Phi) is 6.50. The number of amides is 3. The third-order valence-corrected chi connectivity index (χ3v) is 9.29. The second kappa shape index (κ2) is 9.78. The van der Waals surface area contributed by atoms with E-state index in [4.69, 9.17) is 4.74 Å². The van der Waals surface area contributed by atoms with Crippen molar-refractivity contribution >= 4 is 17.7 Å². The minimum Gasteiger partial charge on any atom is -0.489 e. The molecule has 36 heavy (non-hydrogen) atoms. The molecule has 194 valence electrons. The van der Waals surface area contributed by atoms with Crippen LogP contribution in [0.4, 0.5) is 0 Å².